The summed E-state index contributed by atoms with van der Waals surface area (Å²) >= 11 is 3.77. The minimum atomic E-state index is -1.27. The molecule has 0 fully saturated rings. The highest BCUT2D eigenvalue weighted by molar-refractivity contribution is 7.80. The second kappa shape index (κ2) is 9.97. The number of nitrogens with one attached hydrogen (secondary N) is 3. The van der Waals surface area contributed by atoms with Crippen LogP contribution in [0.15, 0.2) is 0 Å². The van der Waals surface area contributed by atoms with Gasteiger partial charge in [-0.15, -0.1) is 0 Å². The van der Waals surface area contributed by atoms with Crippen LogP contribution in [0.1, 0.15) is 6.92 Å². The third-order valence-electron chi connectivity index (χ3n) is 2.51. The first-order valence-corrected chi connectivity index (χ1v) is 6.94. The highest BCUT2D eigenvalue weighted by Crippen LogP contribution is 1.93. The van der Waals surface area contributed by atoms with E-state index in [0.29, 0.717) is 0 Å². The topological polar surface area (TPSA) is 171 Å². The Kier molecular flexibility index (Phi) is 9.13. The van der Waals surface area contributed by atoms with Crippen LogP contribution in [0, 0.1) is 0 Å². The molecule has 7 N–H and O–H groups in total. The second-order valence-corrected chi connectivity index (χ2v) is 4.71. The van der Waals surface area contributed by atoms with Gasteiger partial charge >= 0.3 is 5.97 Å². The van der Waals surface area contributed by atoms with Crippen LogP contribution in [0.25, 0.3) is 0 Å². The quantitative estimate of drug-likeness (QED) is 0.213. The summed E-state index contributed by atoms with van der Waals surface area (Å²) in [6.07, 6.45) is -1.21. The third-order valence-corrected chi connectivity index (χ3v) is 2.87. The van der Waals surface area contributed by atoms with E-state index in [2.05, 4.69) is 28.6 Å². The SMILES string of the molecule is CC(O)C(NC(=O)CN)C(=O)NCC(=O)NC(CS)C(=O)O. The van der Waals surface area contributed by atoms with Gasteiger partial charge in [0.2, 0.25) is 17.7 Å². The first-order valence-electron chi connectivity index (χ1n) is 6.31. The Bertz CT molecular complexity index is 431. The first-order chi connectivity index (χ1) is 10.2. The maximum absolute atomic E-state index is 11.8. The summed E-state index contributed by atoms with van der Waals surface area (Å²) in [5.74, 6) is -3.56. The number of nitrogens with two attached hydrogens (primary N) is 1. The lowest BCUT2D eigenvalue weighted by Gasteiger charge is -2.20. The van der Waals surface area contributed by atoms with Crippen LogP contribution >= 0.6 is 12.6 Å². The zero-order valence-corrected chi connectivity index (χ0v) is 12.8. The number of carbonyl (C=O) groups excluding carboxylic acids is 3. The number of aliphatic hydroxyl groups excluding tert-OH is 1. The van der Waals surface area contributed by atoms with E-state index < -0.39 is 48.4 Å². The van der Waals surface area contributed by atoms with Crippen molar-refractivity contribution < 1.29 is 29.4 Å². The fraction of sp³-hybridized carbons (Fsp3) is 0.636. The molecule has 126 valence electrons. The molecule has 0 saturated heterocycles. The van der Waals surface area contributed by atoms with Crippen molar-refractivity contribution in [2.45, 2.75) is 25.1 Å². The van der Waals surface area contributed by atoms with Crippen LogP contribution in [0.5, 0.6) is 0 Å². The van der Waals surface area contributed by atoms with E-state index in [1.807, 2.05) is 0 Å². The van der Waals surface area contributed by atoms with Crippen molar-refractivity contribution in [3.63, 3.8) is 0 Å². The Balaban J connectivity index is 4.47. The predicted molar refractivity (Wildman–Crippen MR) is 79.1 cm³/mol. The van der Waals surface area contributed by atoms with Gasteiger partial charge in [-0.1, -0.05) is 0 Å². The summed E-state index contributed by atoms with van der Waals surface area (Å²) < 4.78 is 0. The standard InChI is InChI=1S/C11H20N4O6S/c1-5(16)9(15-7(17)2-12)10(19)13-3-8(18)14-6(4-22)11(20)21/h5-6,9,16,22H,2-4,12H2,1H3,(H,13,19)(H,14,18)(H,15,17)(H,20,21). The van der Waals surface area contributed by atoms with Gasteiger partial charge in [0.1, 0.15) is 12.1 Å². The molecule has 3 unspecified atom stereocenters. The molecule has 0 saturated carbocycles. The molecular formula is C11H20N4O6S. The van der Waals surface area contributed by atoms with Gasteiger partial charge in [-0.2, -0.15) is 12.6 Å². The van der Waals surface area contributed by atoms with Crippen LogP contribution in [-0.4, -0.2) is 70.9 Å². The van der Waals surface area contributed by atoms with Crippen molar-refractivity contribution in [1.82, 2.24) is 16.0 Å². The second-order valence-electron chi connectivity index (χ2n) is 4.35. The number of carboxylic acids is 1. The molecule has 0 aliphatic rings. The number of rotatable bonds is 9. The zero-order chi connectivity index (χ0) is 17.3. The summed E-state index contributed by atoms with van der Waals surface area (Å²) in [6, 6.07) is -2.46. The average Bonchev–Trinajstić information content (AvgIpc) is 2.46. The van der Waals surface area contributed by atoms with Crippen molar-refractivity contribution in [1.29, 1.82) is 0 Å². The highest BCUT2D eigenvalue weighted by Gasteiger charge is 2.26. The number of amides is 3. The molecule has 22 heavy (non-hydrogen) atoms. The maximum Gasteiger partial charge on any atom is 0.327 e. The number of carboxylic acid groups (broad SMARTS) is 1. The molecule has 0 spiro atoms. The molecule has 0 aromatic rings. The number of hydrogen-bond donors (Lipinski definition) is 7. The van der Waals surface area contributed by atoms with E-state index in [1.54, 1.807) is 0 Å². The lowest BCUT2D eigenvalue weighted by atomic mass is 10.1. The Morgan fingerprint density at radius 2 is 1.77 bits per heavy atom. The summed E-state index contributed by atoms with van der Waals surface area (Å²) in [5.41, 5.74) is 5.09. The van der Waals surface area contributed by atoms with E-state index in [1.165, 1.54) is 6.92 Å². The van der Waals surface area contributed by atoms with Crippen LogP contribution < -0.4 is 21.7 Å². The van der Waals surface area contributed by atoms with Crippen molar-refractivity contribution >= 4 is 36.3 Å². The third kappa shape index (κ3) is 7.24. The van der Waals surface area contributed by atoms with E-state index in [4.69, 9.17) is 10.8 Å². The molecule has 0 aliphatic heterocycles. The van der Waals surface area contributed by atoms with E-state index in [0.717, 1.165) is 0 Å². The molecular weight excluding hydrogens is 316 g/mol. The molecule has 3 atom stereocenters. The molecule has 0 aromatic heterocycles. The van der Waals surface area contributed by atoms with Gasteiger partial charge in [-0.25, -0.2) is 4.79 Å². The van der Waals surface area contributed by atoms with E-state index in [9.17, 15) is 24.3 Å². The van der Waals surface area contributed by atoms with Gasteiger partial charge in [0.15, 0.2) is 0 Å². The van der Waals surface area contributed by atoms with E-state index in [-0.39, 0.29) is 12.3 Å². The fourth-order valence-corrected chi connectivity index (χ4v) is 1.59. The van der Waals surface area contributed by atoms with Gasteiger partial charge in [0, 0.05) is 5.75 Å². The van der Waals surface area contributed by atoms with E-state index >= 15 is 0 Å². The minimum absolute atomic E-state index is 0.113. The predicted octanol–water partition coefficient (Wildman–Crippen LogP) is -3.57. The molecule has 0 radical (unpaired) electrons. The van der Waals surface area contributed by atoms with Gasteiger partial charge in [-0.3, -0.25) is 14.4 Å². The van der Waals surface area contributed by atoms with Crippen molar-refractivity contribution in [3.8, 4) is 0 Å². The molecule has 0 heterocycles. The molecule has 0 aliphatic carbocycles. The first kappa shape index (κ1) is 20.1. The van der Waals surface area contributed by atoms with Gasteiger partial charge in [0.25, 0.3) is 0 Å². The highest BCUT2D eigenvalue weighted by atomic mass is 32.1. The number of thiol groups is 1. The molecule has 0 rings (SSSR count). The maximum atomic E-state index is 11.8. The van der Waals surface area contributed by atoms with Crippen LogP contribution in [0.4, 0.5) is 0 Å². The number of aliphatic carboxylic acids is 1. The van der Waals surface area contributed by atoms with Gasteiger partial charge in [0.05, 0.1) is 19.2 Å². The molecule has 3 amide bonds. The lowest BCUT2D eigenvalue weighted by molar-refractivity contribution is -0.141. The molecule has 11 heteroatoms. The van der Waals surface area contributed by atoms with Crippen LogP contribution in [0.2, 0.25) is 0 Å². The van der Waals surface area contributed by atoms with Crippen LogP contribution in [0.3, 0.4) is 0 Å². The molecule has 0 aromatic carbocycles. The number of aliphatic hydroxyl groups is 1. The van der Waals surface area contributed by atoms with Gasteiger partial charge in [-0.05, 0) is 6.92 Å². The number of carbonyl (C=O) groups is 4. The largest absolute Gasteiger partial charge is 0.480 e. The molecule has 10 nitrogen and oxygen atoms in total. The smallest absolute Gasteiger partial charge is 0.327 e. The monoisotopic (exact) mass is 336 g/mol. The Morgan fingerprint density at radius 1 is 1.18 bits per heavy atom. The Labute approximate surface area is 132 Å². The summed E-state index contributed by atoms with van der Waals surface area (Å²) in [7, 11) is 0. The Hall–Kier alpha value is -1.85. The lowest BCUT2D eigenvalue weighted by Crippen LogP contribution is -2.55. The summed E-state index contributed by atoms with van der Waals surface area (Å²) in [4.78, 5) is 45.2. The average molecular weight is 336 g/mol. The summed E-state index contributed by atoms with van der Waals surface area (Å²) in [6.45, 7) is 0.403. The normalized spacial score (nSPS) is 14.4. The van der Waals surface area contributed by atoms with Crippen molar-refractivity contribution in [2.24, 2.45) is 5.73 Å². The van der Waals surface area contributed by atoms with Crippen molar-refractivity contribution in [3.05, 3.63) is 0 Å². The van der Waals surface area contributed by atoms with Gasteiger partial charge < -0.3 is 31.9 Å². The minimum Gasteiger partial charge on any atom is -0.480 e. The van der Waals surface area contributed by atoms with Crippen molar-refractivity contribution in [2.75, 3.05) is 18.8 Å². The Morgan fingerprint density at radius 3 is 2.18 bits per heavy atom. The fourth-order valence-electron chi connectivity index (χ4n) is 1.35. The summed E-state index contributed by atoms with van der Waals surface area (Å²) in [5, 5.41) is 24.7. The zero-order valence-electron chi connectivity index (χ0n) is 11.9. The number of hydrogen-bond acceptors (Lipinski definition) is 7. The molecule has 0 bridgehead atoms. The van der Waals surface area contributed by atoms with Crippen LogP contribution in [-0.2, 0) is 19.2 Å².